The number of imide groups is 1. The number of unbranched alkanes of at least 4 members (excludes halogenated alkanes) is 4. The molecule has 1 aliphatic rings. The van der Waals surface area contributed by atoms with Crippen molar-refractivity contribution < 1.29 is 19.2 Å². The fraction of sp³-hybridized carbons (Fsp3) is 0.429. The molecule has 0 saturated carbocycles. The zero-order valence-electron chi connectivity index (χ0n) is 21.3. The van der Waals surface area contributed by atoms with E-state index in [9.17, 15) is 19.2 Å². The highest BCUT2D eigenvalue weighted by Crippen LogP contribution is 2.24. The largest absolute Gasteiger partial charge is 0.345 e. The highest BCUT2D eigenvalue weighted by Gasteiger charge is 2.47. The molecule has 0 aliphatic carbocycles. The molecule has 2 aromatic rings. The minimum absolute atomic E-state index is 0.229. The van der Waals surface area contributed by atoms with E-state index in [4.69, 9.17) is 0 Å². The van der Waals surface area contributed by atoms with Gasteiger partial charge in [0, 0.05) is 0 Å². The van der Waals surface area contributed by atoms with Gasteiger partial charge in [-0.05, 0) is 38.0 Å². The Kier molecular flexibility index (Phi) is 9.22. The Morgan fingerprint density at radius 3 is 2.36 bits per heavy atom. The van der Waals surface area contributed by atoms with Crippen molar-refractivity contribution in [3.8, 4) is 0 Å². The summed E-state index contributed by atoms with van der Waals surface area (Å²) in [7, 11) is 0. The number of para-hydroxylation sites is 1. The van der Waals surface area contributed by atoms with E-state index < -0.39 is 29.9 Å². The molecule has 3 rings (SSSR count). The number of urea groups is 1. The summed E-state index contributed by atoms with van der Waals surface area (Å²) in [6, 6.07) is 15.4. The van der Waals surface area contributed by atoms with Crippen LogP contribution in [0.5, 0.6) is 0 Å². The summed E-state index contributed by atoms with van der Waals surface area (Å²) in [5.74, 6) is -1.30. The third-order valence-electron chi connectivity index (χ3n) is 6.52. The topological polar surface area (TPSA) is 108 Å². The van der Waals surface area contributed by atoms with Crippen molar-refractivity contribution >= 4 is 29.4 Å². The van der Waals surface area contributed by atoms with Gasteiger partial charge < -0.3 is 16.0 Å². The van der Waals surface area contributed by atoms with Crippen LogP contribution in [0.3, 0.4) is 0 Å². The SMILES string of the molecule is CCCCCCCC1(C)NC(=O)N(CC(=O)Nc2ccccc2C(=O)NC(C)c2ccccc2)C1=O. The molecule has 1 saturated heterocycles. The molecule has 5 amide bonds. The van der Waals surface area contributed by atoms with Crippen LogP contribution in [0.2, 0.25) is 0 Å². The van der Waals surface area contributed by atoms with Gasteiger partial charge in [-0.2, -0.15) is 0 Å². The highest BCUT2D eigenvalue weighted by molar-refractivity contribution is 6.10. The van der Waals surface area contributed by atoms with Gasteiger partial charge in [0.25, 0.3) is 11.8 Å². The van der Waals surface area contributed by atoms with E-state index in [0.29, 0.717) is 17.7 Å². The number of nitrogens with one attached hydrogen (secondary N) is 3. The monoisotopic (exact) mass is 492 g/mol. The first-order valence-electron chi connectivity index (χ1n) is 12.6. The first-order chi connectivity index (χ1) is 17.2. The second-order valence-electron chi connectivity index (χ2n) is 9.52. The van der Waals surface area contributed by atoms with E-state index in [1.54, 1.807) is 31.2 Å². The van der Waals surface area contributed by atoms with E-state index >= 15 is 0 Å². The molecule has 2 unspecified atom stereocenters. The Labute approximate surface area is 212 Å². The molecule has 0 bridgehead atoms. The summed E-state index contributed by atoms with van der Waals surface area (Å²) in [5.41, 5.74) is 0.558. The van der Waals surface area contributed by atoms with Gasteiger partial charge in [0.1, 0.15) is 12.1 Å². The Hall–Kier alpha value is -3.68. The number of carbonyl (C=O) groups excluding carboxylic acids is 4. The molecule has 8 heteroatoms. The third-order valence-corrected chi connectivity index (χ3v) is 6.52. The van der Waals surface area contributed by atoms with E-state index in [2.05, 4.69) is 22.9 Å². The van der Waals surface area contributed by atoms with Crippen molar-refractivity contribution in [1.82, 2.24) is 15.5 Å². The van der Waals surface area contributed by atoms with E-state index in [0.717, 1.165) is 42.6 Å². The average molecular weight is 493 g/mol. The Morgan fingerprint density at radius 1 is 0.972 bits per heavy atom. The van der Waals surface area contributed by atoms with Gasteiger partial charge >= 0.3 is 6.03 Å². The smallest absolute Gasteiger partial charge is 0.325 e. The lowest BCUT2D eigenvalue weighted by Crippen LogP contribution is -2.44. The average Bonchev–Trinajstić information content (AvgIpc) is 3.07. The predicted molar refractivity (Wildman–Crippen MR) is 139 cm³/mol. The summed E-state index contributed by atoms with van der Waals surface area (Å²) in [6.45, 7) is 5.30. The molecule has 36 heavy (non-hydrogen) atoms. The van der Waals surface area contributed by atoms with Crippen molar-refractivity contribution in [2.24, 2.45) is 0 Å². The molecule has 1 aliphatic heterocycles. The molecule has 1 fully saturated rings. The minimum atomic E-state index is -1.01. The van der Waals surface area contributed by atoms with Crippen LogP contribution in [0.4, 0.5) is 10.5 Å². The van der Waals surface area contributed by atoms with E-state index in [-0.39, 0.29) is 11.9 Å². The molecule has 192 valence electrons. The number of nitrogens with zero attached hydrogens (tertiary/aromatic N) is 1. The molecule has 0 aromatic heterocycles. The van der Waals surface area contributed by atoms with Crippen LogP contribution in [0.15, 0.2) is 54.6 Å². The number of amides is 5. The maximum absolute atomic E-state index is 13.0. The number of carbonyl (C=O) groups is 4. The summed E-state index contributed by atoms with van der Waals surface area (Å²) in [6.07, 6.45) is 5.72. The van der Waals surface area contributed by atoms with Crippen molar-refractivity contribution in [2.75, 3.05) is 11.9 Å². The molecule has 1 heterocycles. The molecule has 2 atom stereocenters. The first kappa shape index (κ1) is 26.9. The fourth-order valence-corrected chi connectivity index (χ4v) is 4.37. The number of anilines is 1. The molecular formula is C28H36N4O4. The quantitative estimate of drug-likeness (QED) is 0.292. The van der Waals surface area contributed by atoms with Crippen LogP contribution in [0.25, 0.3) is 0 Å². The molecule has 0 radical (unpaired) electrons. The van der Waals surface area contributed by atoms with Crippen molar-refractivity contribution in [3.63, 3.8) is 0 Å². The van der Waals surface area contributed by atoms with Crippen LogP contribution in [-0.4, -0.2) is 40.7 Å². The lowest BCUT2D eigenvalue weighted by molar-refractivity contribution is -0.133. The van der Waals surface area contributed by atoms with Crippen LogP contribution >= 0.6 is 0 Å². The Balaban J connectivity index is 1.60. The zero-order valence-corrected chi connectivity index (χ0v) is 21.3. The van der Waals surface area contributed by atoms with Gasteiger partial charge in [-0.3, -0.25) is 19.3 Å². The molecule has 3 N–H and O–H groups in total. The molecule has 2 aromatic carbocycles. The first-order valence-corrected chi connectivity index (χ1v) is 12.6. The lowest BCUT2D eigenvalue weighted by atomic mass is 9.94. The predicted octanol–water partition coefficient (Wildman–Crippen LogP) is 4.79. The van der Waals surface area contributed by atoms with Crippen molar-refractivity contribution in [2.45, 2.75) is 70.9 Å². The Bertz CT molecular complexity index is 1090. The van der Waals surface area contributed by atoms with Crippen LogP contribution in [0.1, 0.15) is 81.3 Å². The van der Waals surface area contributed by atoms with Gasteiger partial charge in [-0.15, -0.1) is 0 Å². The van der Waals surface area contributed by atoms with Gasteiger partial charge in [0.2, 0.25) is 5.91 Å². The van der Waals surface area contributed by atoms with Crippen LogP contribution in [-0.2, 0) is 9.59 Å². The lowest BCUT2D eigenvalue weighted by Gasteiger charge is -2.21. The maximum Gasteiger partial charge on any atom is 0.325 e. The van der Waals surface area contributed by atoms with Crippen molar-refractivity contribution in [1.29, 1.82) is 0 Å². The standard InChI is InChI=1S/C28H36N4O4/c1-4-5-6-7-13-18-28(3)26(35)32(27(36)31-28)19-24(33)30-23-17-12-11-16-22(23)25(34)29-20(2)21-14-9-8-10-15-21/h8-12,14-17,20H,4-7,13,18-19H2,1-3H3,(H,29,34)(H,30,33)(H,31,36). The number of rotatable bonds is 12. The maximum atomic E-state index is 13.0. The number of hydrogen-bond acceptors (Lipinski definition) is 4. The van der Waals surface area contributed by atoms with E-state index in [1.807, 2.05) is 37.3 Å². The van der Waals surface area contributed by atoms with Crippen LogP contribution in [0, 0.1) is 0 Å². The van der Waals surface area contributed by atoms with Gasteiger partial charge in [0.05, 0.1) is 17.3 Å². The van der Waals surface area contributed by atoms with Gasteiger partial charge in [-0.1, -0.05) is 81.5 Å². The number of hydrogen-bond donors (Lipinski definition) is 3. The Morgan fingerprint density at radius 2 is 1.64 bits per heavy atom. The molecular weight excluding hydrogens is 456 g/mol. The fourth-order valence-electron chi connectivity index (χ4n) is 4.37. The molecule has 0 spiro atoms. The summed E-state index contributed by atoms with van der Waals surface area (Å²) >= 11 is 0. The number of benzene rings is 2. The normalized spacial score (nSPS) is 18.0. The summed E-state index contributed by atoms with van der Waals surface area (Å²) in [5, 5.41) is 8.38. The van der Waals surface area contributed by atoms with Gasteiger partial charge in [0.15, 0.2) is 0 Å². The second kappa shape index (κ2) is 12.3. The minimum Gasteiger partial charge on any atom is -0.345 e. The second-order valence-corrected chi connectivity index (χ2v) is 9.52. The third kappa shape index (κ3) is 6.71. The van der Waals surface area contributed by atoms with Gasteiger partial charge in [-0.25, -0.2) is 4.79 Å². The van der Waals surface area contributed by atoms with Crippen molar-refractivity contribution in [3.05, 3.63) is 65.7 Å². The summed E-state index contributed by atoms with van der Waals surface area (Å²) < 4.78 is 0. The zero-order chi connectivity index (χ0) is 26.1. The van der Waals surface area contributed by atoms with Crippen LogP contribution < -0.4 is 16.0 Å². The highest BCUT2D eigenvalue weighted by atomic mass is 16.2. The summed E-state index contributed by atoms with van der Waals surface area (Å²) in [4.78, 5) is 52.2. The molecule has 8 nitrogen and oxygen atoms in total. The van der Waals surface area contributed by atoms with E-state index in [1.165, 1.54) is 0 Å².